The number of hydrogen-bond donors (Lipinski definition) is 0. The smallest absolute Gasteiger partial charge is 0.0375 e. The zero-order valence-electron chi connectivity index (χ0n) is 6.84. The number of hydrogen-bond acceptors (Lipinski definition) is 1. The van der Waals surface area contributed by atoms with Crippen LogP contribution in [0.3, 0.4) is 0 Å². The first kappa shape index (κ1) is 8.72. The van der Waals surface area contributed by atoms with Gasteiger partial charge in [-0.15, -0.1) is 0 Å². The van der Waals surface area contributed by atoms with E-state index in [1.54, 1.807) is 0 Å². The average Bonchev–Trinajstić information content (AvgIpc) is 1.85. The molecule has 0 saturated carbocycles. The third-order valence-corrected chi connectivity index (χ3v) is 1.80. The predicted molar refractivity (Wildman–Crippen MR) is 51.1 cm³/mol. The number of halogens is 1. The van der Waals surface area contributed by atoms with Gasteiger partial charge in [0.25, 0.3) is 0 Å². The summed E-state index contributed by atoms with van der Waals surface area (Å²) >= 11 is 3.52. The molecule has 0 aliphatic heterocycles. The van der Waals surface area contributed by atoms with Crippen LogP contribution in [0.15, 0.2) is 18.3 Å². The van der Waals surface area contributed by atoms with Crippen molar-refractivity contribution in [1.82, 2.24) is 4.98 Å². The minimum Gasteiger partial charge on any atom is -0.262 e. The maximum absolute atomic E-state index is 4.13. The molecule has 0 bridgehead atoms. The van der Waals surface area contributed by atoms with Crippen LogP contribution in [0, 0.1) is 6.92 Å². The van der Waals surface area contributed by atoms with E-state index in [4.69, 9.17) is 0 Å². The number of aromatic nitrogens is 1. The number of pyridine rings is 1. The summed E-state index contributed by atoms with van der Waals surface area (Å²) in [7, 11) is 0. The van der Waals surface area contributed by atoms with E-state index < -0.39 is 0 Å². The summed E-state index contributed by atoms with van der Waals surface area (Å²) in [5, 5.41) is 0. The molecule has 1 unspecified atom stereocenters. The molecule has 1 nitrogen and oxygen atoms in total. The topological polar surface area (TPSA) is 12.9 Å². The second kappa shape index (κ2) is 3.86. The first-order chi connectivity index (χ1) is 5.18. The third kappa shape index (κ3) is 3.02. The minimum atomic E-state index is 0.546. The molecule has 0 fully saturated rings. The SMILES string of the molecule is Cc1cc(CC(C)Br)ccn1. The molecule has 0 saturated heterocycles. The van der Waals surface area contributed by atoms with E-state index in [2.05, 4.69) is 40.0 Å². The van der Waals surface area contributed by atoms with Gasteiger partial charge in [0, 0.05) is 16.7 Å². The Bertz CT molecular complexity index is 233. The zero-order chi connectivity index (χ0) is 8.27. The Labute approximate surface area is 76.0 Å². The summed E-state index contributed by atoms with van der Waals surface area (Å²) in [6.45, 7) is 4.16. The fourth-order valence-corrected chi connectivity index (χ4v) is 1.43. The summed E-state index contributed by atoms with van der Waals surface area (Å²) in [6, 6.07) is 4.18. The molecule has 0 spiro atoms. The van der Waals surface area contributed by atoms with Gasteiger partial charge >= 0.3 is 0 Å². The molecule has 0 aromatic carbocycles. The Kier molecular flexibility index (Phi) is 3.06. The Balaban J connectivity index is 2.71. The van der Waals surface area contributed by atoms with Crippen molar-refractivity contribution in [2.45, 2.75) is 25.1 Å². The van der Waals surface area contributed by atoms with Gasteiger partial charge in [0.2, 0.25) is 0 Å². The highest BCUT2D eigenvalue weighted by atomic mass is 79.9. The summed E-state index contributed by atoms with van der Waals surface area (Å²) in [5.74, 6) is 0. The standard InChI is InChI=1S/C9H12BrN/c1-7(10)5-9-3-4-11-8(2)6-9/h3-4,6-7H,5H2,1-2H3. The van der Waals surface area contributed by atoms with Gasteiger partial charge in [-0.1, -0.05) is 22.9 Å². The van der Waals surface area contributed by atoms with Gasteiger partial charge in [0.1, 0.15) is 0 Å². The molecule has 0 amide bonds. The first-order valence-corrected chi connectivity index (χ1v) is 4.65. The van der Waals surface area contributed by atoms with Crippen molar-refractivity contribution in [1.29, 1.82) is 0 Å². The van der Waals surface area contributed by atoms with Crippen LogP contribution in [0.25, 0.3) is 0 Å². The van der Waals surface area contributed by atoms with Crippen LogP contribution in [-0.2, 0) is 6.42 Å². The molecule has 1 aromatic heterocycles. The first-order valence-electron chi connectivity index (χ1n) is 3.74. The van der Waals surface area contributed by atoms with Gasteiger partial charge in [0.05, 0.1) is 0 Å². The highest BCUT2D eigenvalue weighted by Crippen LogP contribution is 2.09. The van der Waals surface area contributed by atoms with Crippen LogP contribution in [0.1, 0.15) is 18.2 Å². The van der Waals surface area contributed by atoms with Crippen molar-refractivity contribution < 1.29 is 0 Å². The van der Waals surface area contributed by atoms with E-state index in [1.165, 1.54) is 5.56 Å². The van der Waals surface area contributed by atoms with Gasteiger partial charge in [-0.3, -0.25) is 4.98 Å². The Morgan fingerprint density at radius 1 is 1.64 bits per heavy atom. The van der Waals surface area contributed by atoms with Crippen molar-refractivity contribution in [2.75, 3.05) is 0 Å². The summed E-state index contributed by atoms with van der Waals surface area (Å²) in [4.78, 5) is 4.68. The fraction of sp³-hybridized carbons (Fsp3) is 0.444. The molecule has 0 aliphatic carbocycles. The molecule has 1 aromatic rings. The minimum absolute atomic E-state index is 0.546. The van der Waals surface area contributed by atoms with Crippen LogP contribution in [-0.4, -0.2) is 9.81 Å². The maximum atomic E-state index is 4.13. The number of rotatable bonds is 2. The summed E-state index contributed by atoms with van der Waals surface area (Å²) < 4.78 is 0. The molecule has 1 rings (SSSR count). The van der Waals surface area contributed by atoms with Crippen LogP contribution in [0.2, 0.25) is 0 Å². The Morgan fingerprint density at radius 3 is 2.91 bits per heavy atom. The third-order valence-electron chi connectivity index (χ3n) is 1.48. The normalized spacial score (nSPS) is 13.0. The fourth-order valence-electron chi connectivity index (χ4n) is 1.06. The maximum Gasteiger partial charge on any atom is 0.0375 e. The molecular weight excluding hydrogens is 202 g/mol. The lowest BCUT2D eigenvalue weighted by Crippen LogP contribution is -1.96. The molecule has 0 N–H and O–H groups in total. The number of nitrogens with zero attached hydrogens (tertiary/aromatic N) is 1. The van der Waals surface area contributed by atoms with Gasteiger partial charge in [-0.25, -0.2) is 0 Å². The number of alkyl halides is 1. The van der Waals surface area contributed by atoms with Crippen molar-refractivity contribution >= 4 is 15.9 Å². The molecule has 0 radical (unpaired) electrons. The van der Waals surface area contributed by atoms with Gasteiger partial charge in [-0.05, 0) is 31.0 Å². The lowest BCUT2D eigenvalue weighted by molar-refractivity contribution is 0.949. The Hall–Kier alpha value is -0.370. The molecule has 1 atom stereocenters. The van der Waals surface area contributed by atoms with E-state index in [0.717, 1.165) is 12.1 Å². The average molecular weight is 214 g/mol. The largest absolute Gasteiger partial charge is 0.262 e. The zero-order valence-corrected chi connectivity index (χ0v) is 8.43. The van der Waals surface area contributed by atoms with E-state index in [9.17, 15) is 0 Å². The quantitative estimate of drug-likeness (QED) is 0.689. The van der Waals surface area contributed by atoms with E-state index in [-0.39, 0.29) is 0 Å². The van der Waals surface area contributed by atoms with Crippen molar-refractivity contribution in [3.63, 3.8) is 0 Å². The van der Waals surface area contributed by atoms with Crippen LogP contribution < -0.4 is 0 Å². The van der Waals surface area contributed by atoms with E-state index >= 15 is 0 Å². The second-order valence-electron chi connectivity index (χ2n) is 2.79. The van der Waals surface area contributed by atoms with Gasteiger partial charge in [0.15, 0.2) is 0 Å². The highest BCUT2D eigenvalue weighted by Gasteiger charge is 1.98. The van der Waals surface area contributed by atoms with Crippen molar-refractivity contribution in [2.24, 2.45) is 0 Å². The van der Waals surface area contributed by atoms with Crippen LogP contribution in [0.5, 0.6) is 0 Å². The second-order valence-corrected chi connectivity index (χ2v) is 4.35. The van der Waals surface area contributed by atoms with E-state index in [0.29, 0.717) is 4.83 Å². The molecule has 1 heterocycles. The van der Waals surface area contributed by atoms with Crippen molar-refractivity contribution in [3.05, 3.63) is 29.6 Å². The monoisotopic (exact) mass is 213 g/mol. The van der Waals surface area contributed by atoms with Crippen LogP contribution in [0.4, 0.5) is 0 Å². The van der Waals surface area contributed by atoms with Gasteiger partial charge in [-0.2, -0.15) is 0 Å². The lowest BCUT2D eigenvalue weighted by atomic mass is 10.1. The molecule has 2 heteroatoms. The van der Waals surface area contributed by atoms with Gasteiger partial charge < -0.3 is 0 Å². The molecule has 60 valence electrons. The van der Waals surface area contributed by atoms with Crippen LogP contribution >= 0.6 is 15.9 Å². The number of aryl methyl sites for hydroxylation is 1. The Morgan fingerprint density at radius 2 is 2.36 bits per heavy atom. The highest BCUT2D eigenvalue weighted by molar-refractivity contribution is 9.09. The molecule has 0 aliphatic rings. The summed E-state index contributed by atoms with van der Waals surface area (Å²) in [5.41, 5.74) is 2.44. The molecular formula is C9H12BrN. The lowest BCUT2D eigenvalue weighted by Gasteiger charge is -2.02. The molecule has 11 heavy (non-hydrogen) atoms. The van der Waals surface area contributed by atoms with E-state index in [1.807, 2.05) is 13.1 Å². The van der Waals surface area contributed by atoms with Crippen molar-refractivity contribution in [3.8, 4) is 0 Å². The predicted octanol–water partition coefficient (Wildman–Crippen LogP) is 2.72. The summed E-state index contributed by atoms with van der Waals surface area (Å²) in [6.07, 6.45) is 2.93.